The molecule has 0 N–H and O–H groups in total. The first kappa shape index (κ1) is 21.3. The second-order valence-electron chi connectivity index (χ2n) is 7.33. The SMILES string of the molecule is CC#CC(=O)N(c1ccc2c(n1)C(=O)N(CC)C2)c1cc(C)c(I)cc1C(C)C. The molecule has 5 nitrogen and oxygen atoms in total. The van der Waals surface area contributed by atoms with E-state index in [0.29, 0.717) is 24.6 Å². The lowest BCUT2D eigenvalue weighted by atomic mass is 9.98. The molecule has 2 aromatic rings. The van der Waals surface area contributed by atoms with Gasteiger partial charge in [-0.2, -0.15) is 0 Å². The fourth-order valence-electron chi connectivity index (χ4n) is 3.44. The number of aryl methyl sites for hydroxylation is 1. The van der Waals surface area contributed by atoms with Crippen molar-refractivity contribution in [3.63, 3.8) is 0 Å². The van der Waals surface area contributed by atoms with Gasteiger partial charge in [0, 0.05) is 22.2 Å². The molecule has 29 heavy (non-hydrogen) atoms. The third-order valence-electron chi connectivity index (χ3n) is 5.03. The molecule has 0 atom stereocenters. The van der Waals surface area contributed by atoms with Crippen molar-refractivity contribution in [1.29, 1.82) is 0 Å². The van der Waals surface area contributed by atoms with Crippen LogP contribution in [0.3, 0.4) is 0 Å². The van der Waals surface area contributed by atoms with Gasteiger partial charge in [0.2, 0.25) is 0 Å². The van der Waals surface area contributed by atoms with Gasteiger partial charge in [0.1, 0.15) is 11.5 Å². The van der Waals surface area contributed by atoms with E-state index in [1.54, 1.807) is 17.9 Å². The van der Waals surface area contributed by atoms with Crippen molar-refractivity contribution in [3.8, 4) is 11.8 Å². The lowest BCUT2D eigenvalue weighted by Gasteiger charge is -2.25. The number of carbonyl (C=O) groups is 2. The zero-order chi connectivity index (χ0) is 21.3. The summed E-state index contributed by atoms with van der Waals surface area (Å²) in [6.45, 7) is 11.0. The molecule has 0 radical (unpaired) electrons. The van der Waals surface area contributed by atoms with E-state index < -0.39 is 0 Å². The van der Waals surface area contributed by atoms with Crippen LogP contribution in [0, 0.1) is 22.3 Å². The Balaban J connectivity index is 2.21. The molecule has 0 saturated heterocycles. The summed E-state index contributed by atoms with van der Waals surface area (Å²) in [6, 6.07) is 7.80. The van der Waals surface area contributed by atoms with Gasteiger partial charge in [-0.15, -0.1) is 0 Å². The van der Waals surface area contributed by atoms with Crippen molar-refractivity contribution in [1.82, 2.24) is 9.88 Å². The van der Waals surface area contributed by atoms with E-state index in [1.807, 2.05) is 26.0 Å². The number of aromatic nitrogens is 1. The first-order valence-corrected chi connectivity index (χ1v) is 10.7. The number of rotatable bonds is 4. The summed E-state index contributed by atoms with van der Waals surface area (Å²) >= 11 is 2.31. The highest BCUT2D eigenvalue weighted by Gasteiger charge is 2.30. The maximum absolute atomic E-state index is 13.0. The molecule has 0 bridgehead atoms. The van der Waals surface area contributed by atoms with Crippen molar-refractivity contribution in [3.05, 3.63) is 50.2 Å². The second kappa shape index (κ2) is 8.54. The Hall–Kier alpha value is -2.40. The lowest BCUT2D eigenvalue weighted by Crippen LogP contribution is -2.28. The third-order valence-corrected chi connectivity index (χ3v) is 6.19. The average Bonchev–Trinajstić information content (AvgIpc) is 3.00. The van der Waals surface area contributed by atoms with Gasteiger partial charge in [-0.25, -0.2) is 4.98 Å². The number of benzene rings is 1. The highest BCUT2D eigenvalue weighted by Crippen LogP contribution is 2.36. The van der Waals surface area contributed by atoms with E-state index in [9.17, 15) is 9.59 Å². The smallest absolute Gasteiger partial charge is 0.308 e. The number of fused-ring (bicyclic) bond motifs is 1. The molecule has 0 aliphatic carbocycles. The van der Waals surface area contributed by atoms with Crippen LogP contribution in [0.25, 0.3) is 0 Å². The van der Waals surface area contributed by atoms with Crippen LogP contribution in [0.5, 0.6) is 0 Å². The summed E-state index contributed by atoms with van der Waals surface area (Å²) in [7, 11) is 0. The summed E-state index contributed by atoms with van der Waals surface area (Å²) < 4.78 is 1.14. The number of anilines is 2. The van der Waals surface area contributed by atoms with Crippen LogP contribution in [0.15, 0.2) is 24.3 Å². The van der Waals surface area contributed by atoms with Crippen LogP contribution in [0.4, 0.5) is 11.5 Å². The highest BCUT2D eigenvalue weighted by molar-refractivity contribution is 14.1. The Morgan fingerprint density at radius 1 is 1.34 bits per heavy atom. The van der Waals surface area contributed by atoms with Crippen molar-refractivity contribution in [2.24, 2.45) is 0 Å². The van der Waals surface area contributed by atoms with Gasteiger partial charge >= 0.3 is 5.91 Å². The second-order valence-corrected chi connectivity index (χ2v) is 8.49. The molecule has 6 heteroatoms. The molecule has 2 heterocycles. The summed E-state index contributed by atoms with van der Waals surface area (Å²) in [5, 5.41) is 0. The van der Waals surface area contributed by atoms with E-state index in [-0.39, 0.29) is 17.7 Å². The molecule has 0 saturated carbocycles. The van der Waals surface area contributed by atoms with E-state index in [1.165, 1.54) is 4.90 Å². The largest absolute Gasteiger partial charge is 0.333 e. The first-order valence-electron chi connectivity index (χ1n) is 9.64. The lowest BCUT2D eigenvalue weighted by molar-refractivity contribution is -0.112. The maximum atomic E-state index is 13.0. The fourth-order valence-corrected chi connectivity index (χ4v) is 3.93. The van der Waals surface area contributed by atoms with E-state index in [4.69, 9.17) is 0 Å². The minimum Gasteiger partial charge on any atom is -0.333 e. The molecule has 1 aliphatic heterocycles. The molecule has 1 aliphatic rings. The van der Waals surface area contributed by atoms with Gasteiger partial charge in [0.05, 0.1) is 5.69 Å². The number of nitrogens with zero attached hydrogens (tertiary/aromatic N) is 3. The maximum Gasteiger partial charge on any atom is 0.308 e. The average molecular weight is 501 g/mol. The Kier molecular flexibility index (Phi) is 6.27. The van der Waals surface area contributed by atoms with Crippen LogP contribution in [-0.2, 0) is 11.3 Å². The molecule has 0 fully saturated rings. The van der Waals surface area contributed by atoms with Gasteiger partial charge in [-0.05, 0) is 84.5 Å². The number of hydrogen-bond acceptors (Lipinski definition) is 3. The monoisotopic (exact) mass is 501 g/mol. The van der Waals surface area contributed by atoms with Crippen LogP contribution in [-0.4, -0.2) is 28.2 Å². The van der Waals surface area contributed by atoms with Crippen LogP contribution in [0.2, 0.25) is 0 Å². The normalized spacial score (nSPS) is 12.7. The van der Waals surface area contributed by atoms with Gasteiger partial charge in [0.25, 0.3) is 5.91 Å². The molecule has 2 amide bonds. The van der Waals surface area contributed by atoms with Crippen molar-refractivity contribution >= 4 is 45.9 Å². The van der Waals surface area contributed by atoms with Gasteiger partial charge in [-0.1, -0.05) is 25.8 Å². The topological polar surface area (TPSA) is 53.5 Å². The summed E-state index contributed by atoms with van der Waals surface area (Å²) in [4.78, 5) is 33.6. The van der Waals surface area contributed by atoms with Crippen LogP contribution < -0.4 is 4.90 Å². The standard InChI is InChI=1S/C23H24IN3O2/c1-6-8-21(28)27(19-11-15(5)18(24)12-17(19)14(3)4)20-10-9-16-13-26(7-2)23(29)22(16)25-20/h9-12,14H,7,13H2,1-5H3. The molecule has 150 valence electrons. The molecular weight excluding hydrogens is 477 g/mol. The molecule has 1 aromatic heterocycles. The number of pyridine rings is 1. The molecular formula is C23H24IN3O2. The van der Waals surface area contributed by atoms with Crippen molar-refractivity contribution < 1.29 is 9.59 Å². The number of halogens is 1. The van der Waals surface area contributed by atoms with E-state index >= 15 is 0 Å². The predicted molar refractivity (Wildman–Crippen MR) is 123 cm³/mol. The van der Waals surface area contributed by atoms with Crippen molar-refractivity contribution in [2.75, 3.05) is 11.4 Å². The van der Waals surface area contributed by atoms with Crippen LogP contribution in [0.1, 0.15) is 60.8 Å². The minimum absolute atomic E-state index is 0.0961. The number of amides is 2. The van der Waals surface area contributed by atoms with E-state index in [0.717, 1.165) is 25.9 Å². The van der Waals surface area contributed by atoms with Gasteiger partial charge < -0.3 is 4.90 Å². The summed E-state index contributed by atoms with van der Waals surface area (Å²) in [6.07, 6.45) is 0. The van der Waals surface area contributed by atoms with Crippen molar-refractivity contribution in [2.45, 2.75) is 47.1 Å². The number of hydrogen-bond donors (Lipinski definition) is 0. The Bertz CT molecular complexity index is 1050. The molecule has 0 unspecified atom stereocenters. The Morgan fingerprint density at radius 2 is 2.07 bits per heavy atom. The molecule has 0 spiro atoms. The minimum atomic E-state index is -0.361. The van der Waals surface area contributed by atoms with E-state index in [2.05, 4.69) is 59.3 Å². The predicted octanol–water partition coefficient (Wildman–Crippen LogP) is 4.78. The zero-order valence-electron chi connectivity index (χ0n) is 17.3. The van der Waals surface area contributed by atoms with Crippen LogP contribution >= 0.6 is 22.6 Å². The highest BCUT2D eigenvalue weighted by atomic mass is 127. The fraction of sp³-hybridized carbons (Fsp3) is 0.348. The molecule has 1 aromatic carbocycles. The zero-order valence-corrected chi connectivity index (χ0v) is 19.5. The van der Waals surface area contributed by atoms with Gasteiger partial charge in [0.15, 0.2) is 0 Å². The quantitative estimate of drug-likeness (QED) is 0.448. The summed E-state index contributed by atoms with van der Waals surface area (Å²) in [5.41, 5.74) is 4.17. The Labute approximate surface area is 185 Å². The summed E-state index contributed by atoms with van der Waals surface area (Å²) in [5.74, 6) is 5.50. The third kappa shape index (κ3) is 4.01. The first-order chi connectivity index (χ1) is 13.8. The number of carbonyl (C=O) groups excluding carboxylic acids is 2. The molecule has 3 rings (SSSR count). The Morgan fingerprint density at radius 3 is 2.69 bits per heavy atom. The van der Waals surface area contributed by atoms with Gasteiger partial charge in [-0.3, -0.25) is 14.5 Å².